The molecule has 14 heavy (non-hydrogen) atoms. The molecule has 2 N–H and O–H groups in total. The predicted octanol–water partition coefficient (Wildman–Crippen LogP) is 2.49. The van der Waals surface area contributed by atoms with Crippen LogP contribution in [-0.2, 0) is 7.05 Å². The fraction of sp³-hybridized carbons (Fsp3) is 0.364. The molecule has 0 bridgehead atoms. The molecule has 0 fully saturated rings. The van der Waals surface area contributed by atoms with E-state index in [0.717, 1.165) is 10.9 Å². The zero-order valence-electron chi connectivity index (χ0n) is 9.20. The average molecular weight is 191 g/mol. The molecule has 0 spiro atoms. The third-order valence-electron chi connectivity index (χ3n) is 2.10. The van der Waals surface area contributed by atoms with E-state index < -0.39 is 0 Å². The summed E-state index contributed by atoms with van der Waals surface area (Å²) in [6, 6.07) is 6.05. The number of benzene rings is 1. The summed E-state index contributed by atoms with van der Waals surface area (Å²) in [6.45, 7) is 6.06. The molecule has 76 valence electrons. The molecule has 3 heteroatoms. The minimum Gasteiger partial charge on any atom is -0.382 e. The van der Waals surface area contributed by atoms with E-state index in [4.69, 9.17) is 5.73 Å². The summed E-state index contributed by atoms with van der Waals surface area (Å²) in [5.74, 6) is 0.608. The maximum atomic E-state index is 5.71. The number of hydrogen-bond donors (Lipinski definition) is 1. The monoisotopic (exact) mass is 191 g/mol. The van der Waals surface area contributed by atoms with Crippen molar-refractivity contribution in [2.24, 2.45) is 7.05 Å². The van der Waals surface area contributed by atoms with Gasteiger partial charge in [-0.25, -0.2) is 0 Å². The second kappa shape index (κ2) is 4.13. The lowest BCUT2D eigenvalue weighted by atomic mass is 10.1. The topological polar surface area (TPSA) is 43.8 Å². The lowest BCUT2D eigenvalue weighted by Gasteiger charge is -1.96. The average Bonchev–Trinajstić information content (AvgIpc) is 2.47. The lowest BCUT2D eigenvalue weighted by Crippen LogP contribution is -1.92. The number of nitrogens with zero attached hydrogens (tertiary/aromatic N) is 2. The van der Waals surface area contributed by atoms with Crippen molar-refractivity contribution in [3.8, 4) is 0 Å². The minimum absolute atomic E-state index is 0.608. The SMILES string of the molecule is CC.Cc1cccc2c(N)nn(C)c12. The van der Waals surface area contributed by atoms with Gasteiger partial charge in [-0.2, -0.15) is 5.10 Å². The fourth-order valence-electron chi connectivity index (χ4n) is 1.56. The molecule has 0 amide bonds. The number of fused-ring (bicyclic) bond motifs is 1. The van der Waals surface area contributed by atoms with E-state index in [1.54, 1.807) is 0 Å². The van der Waals surface area contributed by atoms with Crippen LogP contribution in [-0.4, -0.2) is 9.78 Å². The molecule has 0 saturated carbocycles. The highest BCUT2D eigenvalue weighted by Crippen LogP contribution is 2.21. The van der Waals surface area contributed by atoms with Gasteiger partial charge in [-0.05, 0) is 18.6 Å². The number of rotatable bonds is 0. The molecular weight excluding hydrogens is 174 g/mol. The van der Waals surface area contributed by atoms with Crippen LogP contribution in [0.15, 0.2) is 18.2 Å². The molecule has 3 nitrogen and oxygen atoms in total. The fourth-order valence-corrected chi connectivity index (χ4v) is 1.56. The van der Waals surface area contributed by atoms with Crippen LogP contribution in [0.1, 0.15) is 19.4 Å². The number of hydrogen-bond acceptors (Lipinski definition) is 2. The first-order chi connectivity index (χ1) is 6.70. The molecule has 1 heterocycles. The number of aromatic nitrogens is 2. The number of para-hydroxylation sites is 1. The second-order valence-corrected chi connectivity index (χ2v) is 2.98. The summed E-state index contributed by atoms with van der Waals surface area (Å²) >= 11 is 0. The quantitative estimate of drug-likeness (QED) is 0.695. The van der Waals surface area contributed by atoms with Crippen LogP contribution in [0.3, 0.4) is 0 Å². The molecule has 1 aromatic carbocycles. The lowest BCUT2D eigenvalue weighted by molar-refractivity contribution is 0.800. The van der Waals surface area contributed by atoms with E-state index in [0.29, 0.717) is 5.82 Å². The summed E-state index contributed by atoms with van der Waals surface area (Å²) in [7, 11) is 1.91. The zero-order chi connectivity index (χ0) is 10.7. The van der Waals surface area contributed by atoms with E-state index in [9.17, 15) is 0 Å². The molecule has 0 saturated heterocycles. The number of anilines is 1. The summed E-state index contributed by atoms with van der Waals surface area (Å²) < 4.78 is 1.82. The third-order valence-corrected chi connectivity index (χ3v) is 2.10. The van der Waals surface area contributed by atoms with Crippen molar-refractivity contribution >= 4 is 16.7 Å². The van der Waals surface area contributed by atoms with Gasteiger partial charge in [0, 0.05) is 12.4 Å². The van der Waals surface area contributed by atoms with Crippen molar-refractivity contribution in [1.29, 1.82) is 0 Å². The molecule has 1 aromatic heterocycles. The van der Waals surface area contributed by atoms with Gasteiger partial charge < -0.3 is 5.73 Å². The Morgan fingerprint density at radius 2 is 1.93 bits per heavy atom. The van der Waals surface area contributed by atoms with Gasteiger partial charge in [-0.1, -0.05) is 26.0 Å². The highest BCUT2D eigenvalue weighted by Gasteiger charge is 2.05. The second-order valence-electron chi connectivity index (χ2n) is 2.98. The number of nitrogen functional groups attached to an aromatic ring is 1. The minimum atomic E-state index is 0.608. The molecule has 0 aliphatic rings. The van der Waals surface area contributed by atoms with E-state index in [1.165, 1.54) is 5.56 Å². The van der Waals surface area contributed by atoms with E-state index in [1.807, 2.05) is 37.7 Å². The van der Waals surface area contributed by atoms with Crippen LogP contribution in [0.2, 0.25) is 0 Å². The summed E-state index contributed by atoms with van der Waals surface area (Å²) in [5.41, 5.74) is 8.04. The van der Waals surface area contributed by atoms with E-state index in [-0.39, 0.29) is 0 Å². The molecule has 0 aliphatic carbocycles. The Balaban J connectivity index is 0.000000461. The van der Waals surface area contributed by atoms with Crippen LogP contribution in [0, 0.1) is 6.92 Å². The van der Waals surface area contributed by atoms with Gasteiger partial charge in [0.05, 0.1) is 5.52 Å². The van der Waals surface area contributed by atoms with Crippen LogP contribution in [0.25, 0.3) is 10.9 Å². The Labute approximate surface area is 84.5 Å². The maximum Gasteiger partial charge on any atom is 0.153 e. The first-order valence-electron chi connectivity index (χ1n) is 4.88. The normalized spacial score (nSPS) is 9.71. The van der Waals surface area contributed by atoms with Crippen molar-refractivity contribution in [3.05, 3.63) is 23.8 Å². The standard InChI is InChI=1S/C9H11N3.C2H6/c1-6-4-3-5-7-8(6)12(2)11-9(7)10;1-2/h3-5H,1-2H3,(H2,10,11);1-2H3. The molecule has 0 radical (unpaired) electrons. The molecule has 0 atom stereocenters. The van der Waals surface area contributed by atoms with Crippen molar-refractivity contribution in [2.75, 3.05) is 5.73 Å². The molecule has 0 aliphatic heterocycles. The predicted molar refractivity (Wildman–Crippen MR) is 61.2 cm³/mol. The molecule has 0 unspecified atom stereocenters. The van der Waals surface area contributed by atoms with Crippen LogP contribution >= 0.6 is 0 Å². The number of aryl methyl sites for hydroxylation is 2. The Kier molecular flexibility index (Phi) is 3.12. The van der Waals surface area contributed by atoms with Gasteiger partial charge in [-0.15, -0.1) is 0 Å². The molecule has 2 rings (SSSR count). The Bertz CT molecular complexity index is 429. The van der Waals surface area contributed by atoms with Gasteiger partial charge in [0.25, 0.3) is 0 Å². The van der Waals surface area contributed by atoms with Gasteiger partial charge in [0.1, 0.15) is 0 Å². The Morgan fingerprint density at radius 1 is 1.29 bits per heavy atom. The zero-order valence-corrected chi connectivity index (χ0v) is 9.20. The molecule has 2 aromatic rings. The Hall–Kier alpha value is -1.51. The summed E-state index contributed by atoms with van der Waals surface area (Å²) in [4.78, 5) is 0. The first kappa shape index (κ1) is 10.6. The third kappa shape index (κ3) is 1.58. The van der Waals surface area contributed by atoms with Crippen LogP contribution in [0.5, 0.6) is 0 Å². The van der Waals surface area contributed by atoms with Gasteiger partial charge in [-0.3, -0.25) is 4.68 Å². The van der Waals surface area contributed by atoms with Crippen molar-refractivity contribution in [1.82, 2.24) is 9.78 Å². The summed E-state index contributed by atoms with van der Waals surface area (Å²) in [5, 5.41) is 5.18. The van der Waals surface area contributed by atoms with Gasteiger partial charge in [0.2, 0.25) is 0 Å². The highest BCUT2D eigenvalue weighted by atomic mass is 15.3. The van der Waals surface area contributed by atoms with Gasteiger partial charge in [0.15, 0.2) is 5.82 Å². The van der Waals surface area contributed by atoms with Crippen molar-refractivity contribution in [2.45, 2.75) is 20.8 Å². The van der Waals surface area contributed by atoms with E-state index in [2.05, 4.69) is 18.1 Å². The Morgan fingerprint density at radius 3 is 2.50 bits per heavy atom. The van der Waals surface area contributed by atoms with Crippen LogP contribution in [0.4, 0.5) is 5.82 Å². The number of nitrogens with two attached hydrogens (primary N) is 1. The first-order valence-corrected chi connectivity index (χ1v) is 4.88. The smallest absolute Gasteiger partial charge is 0.153 e. The highest BCUT2D eigenvalue weighted by molar-refractivity contribution is 5.91. The molecular formula is C11H17N3. The van der Waals surface area contributed by atoms with Gasteiger partial charge >= 0.3 is 0 Å². The van der Waals surface area contributed by atoms with E-state index >= 15 is 0 Å². The maximum absolute atomic E-state index is 5.71. The van der Waals surface area contributed by atoms with Crippen molar-refractivity contribution in [3.63, 3.8) is 0 Å². The summed E-state index contributed by atoms with van der Waals surface area (Å²) in [6.07, 6.45) is 0. The largest absolute Gasteiger partial charge is 0.382 e. The van der Waals surface area contributed by atoms with Crippen LogP contribution < -0.4 is 5.73 Å². The van der Waals surface area contributed by atoms with Crippen molar-refractivity contribution < 1.29 is 0 Å².